The monoisotopic (exact) mass is 442 g/mol. The molecule has 0 saturated heterocycles. The molecule has 0 atom stereocenters. The highest BCUT2D eigenvalue weighted by atomic mass is 32.2. The molecule has 0 spiro atoms. The van der Waals surface area contributed by atoms with Crippen LogP contribution in [-0.4, -0.2) is 34.8 Å². The molecule has 0 unspecified atom stereocenters. The summed E-state index contributed by atoms with van der Waals surface area (Å²) in [5, 5.41) is 18.1. The number of hydrogen-bond acceptors (Lipinski definition) is 6. The van der Waals surface area contributed by atoms with Crippen molar-refractivity contribution in [2.24, 2.45) is 0 Å². The number of carbonyl (C=O) groups excluding carboxylic acids is 1. The highest BCUT2D eigenvalue weighted by molar-refractivity contribution is 7.91. The Morgan fingerprint density at radius 1 is 1.10 bits per heavy atom. The van der Waals surface area contributed by atoms with Gasteiger partial charge in [0.05, 0.1) is 22.1 Å². The van der Waals surface area contributed by atoms with Crippen molar-refractivity contribution in [2.45, 2.75) is 32.2 Å². The zero-order valence-corrected chi connectivity index (χ0v) is 18.1. The Hall–Kier alpha value is -3.53. The average molecular weight is 442 g/mol. The summed E-state index contributed by atoms with van der Waals surface area (Å²) < 4.78 is 25.3. The molecule has 31 heavy (non-hydrogen) atoms. The third-order valence-corrected chi connectivity index (χ3v) is 6.68. The summed E-state index contributed by atoms with van der Waals surface area (Å²) in [4.78, 5) is 23.4. The minimum atomic E-state index is -3.29. The summed E-state index contributed by atoms with van der Waals surface area (Å²) in [6.45, 7) is 5.16. The summed E-state index contributed by atoms with van der Waals surface area (Å²) in [5.41, 5.74) is 2.58. The molecule has 1 N–H and O–H groups in total. The van der Waals surface area contributed by atoms with Gasteiger partial charge >= 0.3 is 5.69 Å². The molecule has 10 heteroatoms. The number of hydrogen-bond donors (Lipinski definition) is 1. The van der Waals surface area contributed by atoms with Gasteiger partial charge in [0, 0.05) is 11.3 Å². The van der Waals surface area contributed by atoms with Crippen LogP contribution in [0.4, 0.5) is 11.4 Å². The van der Waals surface area contributed by atoms with E-state index in [1.54, 1.807) is 61.9 Å². The molecule has 0 aliphatic carbocycles. The maximum atomic E-state index is 12.5. The van der Waals surface area contributed by atoms with Crippen LogP contribution in [0.1, 0.15) is 34.2 Å². The minimum Gasteiger partial charge on any atom is -0.322 e. The van der Waals surface area contributed by atoms with Gasteiger partial charge in [-0.3, -0.25) is 19.6 Å². The van der Waals surface area contributed by atoms with Crippen LogP contribution in [0.2, 0.25) is 0 Å². The quantitative estimate of drug-likeness (QED) is 0.441. The number of sulfone groups is 1. The number of aromatic nitrogens is 2. The molecule has 9 nitrogen and oxygen atoms in total. The van der Waals surface area contributed by atoms with Crippen molar-refractivity contribution in [3.8, 4) is 0 Å². The molecule has 0 saturated carbocycles. The second-order valence-corrected chi connectivity index (χ2v) is 9.29. The van der Waals surface area contributed by atoms with Crippen molar-refractivity contribution in [1.82, 2.24) is 9.78 Å². The molecule has 1 heterocycles. The summed E-state index contributed by atoms with van der Waals surface area (Å²) in [6.07, 6.45) is 0. The Balaban J connectivity index is 1.70. The van der Waals surface area contributed by atoms with Crippen molar-refractivity contribution in [1.29, 1.82) is 0 Å². The van der Waals surface area contributed by atoms with E-state index in [0.717, 1.165) is 5.56 Å². The highest BCUT2D eigenvalue weighted by Crippen LogP contribution is 2.23. The molecule has 3 rings (SSSR count). The van der Waals surface area contributed by atoms with E-state index in [4.69, 9.17) is 0 Å². The fourth-order valence-electron chi connectivity index (χ4n) is 3.16. The topological polar surface area (TPSA) is 124 Å². The molecular weight excluding hydrogens is 420 g/mol. The number of amides is 1. The fourth-order valence-corrected chi connectivity index (χ4v) is 4.04. The van der Waals surface area contributed by atoms with Crippen molar-refractivity contribution in [3.05, 3.63) is 81.2 Å². The van der Waals surface area contributed by atoms with Crippen LogP contribution in [0.15, 0.2) is 53.4 Å². The number of nitro groups is 1. The fraction of sp³-hybridized carbons (Fsp3) is 0.238. The summed E-state index contributed by atoms with van der Waals surface area (Å²) in [5.74, 6) is -0.324. The van der Waals surface area contributed by atoms with Crippen LogP contribution in [0, 0.1) is 24.0 Å². The van der Waals surface area contributed by atoms with Gasteiger partial charge in [-0.15, -0.1) is 0 Å². The lowest BCUT2D eigenvalue weighted by atomic mass is 10.1. The van der Waals surface area contributed by atoms with Gasteiger partial charge in [-0.05, 0) is 55.8 Å². The third kappa shape index (κ3) is 4.80. The molecule has 0 fully saturated rings. The van der Waals surface area contributed by atoms with Crippen LogP contribution >= 0.6 is 0 Å². The van der Waals surface area contributed by atoms with Gasteiger partial charge < -0.3 is 5.32 Å². The Morgan fingerprint density at radius 3 is 2.23 bits per heavy atom. The Labute approximate surface area is 179 Å². The normalized spacial score (nSPS) is 11.3. The van der Waals surface area contributed by atoms with Gasteiger partial charge in [-0.1, -0.05) is 19.1 Å². The van der Waals surface area contributed by atoms with E-state index in [1.165, 1.54) is 12.1 Å². The largest absolute Gasteiger partial charge is 0.322 e. The van der Waals surface area contributed by atoms with E-state index in [-0.39, 0.29) is 22.2 Å². The van der Waals surface area contributed by atoms with Crippen LogP contribution in [0.5, 0.6) is 0 Å². The van der Waals surface area contributed by atoms with Crippen molar-refractivity contribution >= 4 is 27.1 Å². The number of aryl methyl sites for hydroxylation is 1. The molecular formula is C21H22N4O5S. The summed E-state index contributed by atoms with van der Waals surface area (Å²) in [6, 6.07) is 12.8. The van der Waals surface area contributed by atoms with Gasteiger partial charge in [0.2, 0.25) is 0 Å². The number of anilines is 1. The highest BCUT2D eigenvalue weighted by Gasteiger charge is 2.21. The number of carbonyl (C=O) groups is 1. The molecule has 3 aromatic rings. The first-order valence-electron chi connectivity index (χ1n) is 9.54. The van der Waals surface area contributed by atoms with Gasteiger partial charge in [-0.2, -0.15) is 5.10 Å². The lowest BCUT2D eigenvalue weighted by molar-refractivity contribution is -0.386. The first-order chi connectivity index (χ1) is 14.6. The average Bonchev–Trinajstić information content (AvgIpc) is 3.02. The second-order valence-electron chi connectivity index (χ2n) is 7.01. The van der Waals surface area contributed by atoms with E-state index in [1.807, 2.05) is 0 Å². The minimum absolute atomic E-state index is 0.00810. The van der Waals surface area contributed by atoms with Crippen molar-refractivity contribution in [2.75, 3.05) is 11.1 Å². The van der Waals surface area contributed by atoms with E-state index in [9.17, 15) is 23.3 Å². The molecule has 2 aromatic carbocycles. The number of nitrogens with one attached hydrogen (secondary N) is 1. The smallest absolute Gasteiger partial charge is 0.312 e. The SMILES string of the molecule is CCS(=O)(=O)c1ccc(NC(=O)c2ccc(Cn3nc(C)c([N+](=O)[O-])c3C)cc2)cc1. The van der Waals surface area contributed by atoms with Crippen LogP contribution in [-0.2, 0) is 16.4 Å². The van der Waals surface area contributed by atoms with Gasteiger partial charge in [0.15, 0.2) is 9.84 Å². The zero-order chi connectivity index (χ0) is 22.8. The standard InChI is InChI=1S/C21H22N4O5S/c1-4-31(29,30)19-11-9-18(10-12-19)22-21(26)17-7-5-16(6-8-17)13-24-15(3)20(25(27)28)14(2)23-24/h5-12H,4,13H2,1-3H3,(H,22,26). The van der Waals surface area contributed by atoms with E-state index in [0.29, 0.717) is 29.2 Å². The maximum absolute atomic E-state index is 12.5. The Bertz CT molecular complexity index is 1230. The first kappa shape index (κ1) is 22.2. The molecule has 162 valence electrons. The Kier molecular flexibility index (Phi) is 6.21. The van der Waals surface area contributed by atoms with Crippen molar-refractivity contribution in [3.63, 3.8) is 0 Å². The van der Waals surface area contributed by atoms with E-state index in [2.05, 4.69) is 10.4 Å². The van der Waals surface area contributed by atoms with Crippen molar-refractivity contribution < 1.29 is 18.1 Å². The van der Waals surface area contributed by atoms with Gasteiger partial charge in [0.25, 0.3) is 5.91 Å². The molecule has 1 amide bonds. The van der Waals surface area contributed by atoms with Crippen LogP contribution < -0.4 is 5.32 Å². The molecule has 1 aromatic heterocycles. The van der Waals surface area contributed by atoms with Crippen LogP contribution in [0.25, 0.3) is 0 Å². The first-order valence-corrected chi connectivity index (χ1v) is 11.2. The predicted octanol–water partition coefficient (Wildman–Crippen LogP) is 3.50. The van der Waals surface area contributed by atoms with E-state index < -0.39 is 14.8 Å². The summed E-state index contributed by atoms with van der Waals surface area (Å²) in [7, 11) is -3.29. The lowest BCUT2D eigenvalue weighted by Gasteiger charge is -2.08. The Morgan fingerprint density at radius 2 is 1.71 bits per heavy atom. The van der Waals surface area contributed by atoms with Gasteiger partial charge in [-0.25, -0.2) is 8.42 Å². The zero-order valence-electron chi connectivity index (χ0n) is 17.3. The molecule has 0 bridgehead atoms. The second kappa shape index (κ2) is 8.68. The number of nitrogens with zero attached hydrogens (tertiary/aromatic N) is 3. The third-order valence-electron chi connectivity index (χ3n) is 4.93. The molecule has 0 aliphatic heterocycles. The maximum Gasteiger partial charge on any atom is 0.312 e. The van der Waals surface area contributed by atoms with Gasteiger partial charge in [0.1, 0.15) is 11.4 Å². The van der Waals surface area contributed by atoms with E-state index >= 15 is 0 Å². The number of rotatable bonds is 7. The molecule has 0 aliphatic rings. The predicted molar refractivity (Wildman–Crippen MR) is 116 cm³/mol. The number of benzene rings is 2. The lowest BCUT2D eigenvalue weighted by Crippen LogP contribution is -2.12. The van der Waals surface area contributed by atoms with Crippen LogP contribution in [0.3, 0.4) is 0 Å². The summed E-state index contributed by atoms with van der Waals surface area (Å²) >= 11 is 0. The molecule has 0 radical (unpaired) electrons.